The minimum Gasteiger partial charge on any atom is -0.329 e. The Morgan fingerprint density at radius 2 is 2.00 bits per heavy atom. The molecule has 2 rings (SSSR count). The molecule has 18 heavy (non-hydrogen) atoms. The number of rotatable bonds is 4. The molecule has 1 aliphatic heterocycles. The van der Waals surface area contributed by atoms with Gasteiger partial charge < -0.3 is 5.73 Å². The smallest absolute Gasteiger partial charge is 0.0473 e. The van der Waals surface area contributed by atoms with Crippen LogP contribution in [0.5, 0.6) is 0 Å². The first-order chi connectivity index (χ1) is 8.76. The number of hydrogen-bond acceptors (Lipinski definition) is 2. The molecule has 2 heteroatoms. The van der Waals surface area contributed by atoms with E-state index in [1.807, 2.05) is 0 Å². The Morgan fingerprint density at radius 1 is 1.28 bits per heavy atom. The summed E-state index contributed by atoms with van der Waals surface area (Å²) in [6.07, 6.45) is 5.09. The molecule has 0 spiro atoms. The largest absolute Gasteiger partial charge is 0.329 e. The fraction of sp³-hybridized carbons (Fsp3) is 0.625. The number of nitrogens with zero attached hydrogens (tertiary/aromatic N) is 1. The van der Waals surface area contributed by atoms with Gasteiger partial charge >= 0.3 is 0 Å². The molecular formula is C16H26N2. The van der Waals surface area contributed by atoms with Crippen molar-refractivity contribution < 1.29 is 0 Å². The highest BCUT2D eigenvalue weighted by Crippen LogP contribution is 2.28. The average molecular weight is 246 g/mol. The third-order valence-electron chi connectivity index (χ3n) is 4.25. The van der Waals surface area contributed by atoms with E-state index in [1.54, 1.807) is 0 Å². The van der Waals surface area contributed by atoms with Gasteiger partial charge in [-0.1, -0.05) is 37.6 Å². The second kappa shape index (κ2) is 6.35. The first-order valence-corrected chi connectivity index (χ1v) is 7.31. The van der Waals surface area contributed by atoms with E-state index in [9.17, 15) is 0 Å². The predicted octanol–water partition coefficient (Wildman–Crippen LogP) is 3.12. The molecule has 1 saturated heterocycles. The van der Waals surface area contributed by atoms with E-state index >= 15 is 0 Å². The van der Waals surface area contributed by atoms with Crippen molar-refractivity contribution in [2.75, 3.05) is 13.1 Å². The number of hydrogen-bond donors (Lipinski definition) is 1. The van der Waals surface area contributed by atoms with Crippen molar-refractivity contribution in [3.8, 4) is 0 Å². The molecular weight excluding hydrogens is 220 g/mol. The zero-order valence-corrected chi connectivity index (χ0v) is 11.7. The summed E-state index contributed by atoms with van der Waals surface area (Å²) in [5.41, 5.74) is 8.81. The molecule has 1 aromatic carbocycles. The molecule has 2 N–H and O–H groups in total. The van der Waals surface area contributed by atoms with Gasteiger partial charge in [-0.2, -0.15) is 0 Å². The molecule has 1 fully saturated rings. The molecule has 1 aliphatic rings. The van der Waals surface area contributed by atoms with Crippen molar-refractivity contribution in [3.05, 3.63) is 35.4 Å². The van der Waals surface area contributed by atoms with E-state index in [-0.39, 0.29) is 0 Å². The second-order valence-corrected chi connectivity index (χ2v) is 5.43. The Bertz CT molecular complexity index is 358. The Hall–Kier alpha value is -0.860. The Balaban J connectivity index is 2.15. The maximum absolute atomic E-state index is 6.03. The van der Waals surface area contributed by atoms with E-state index in [2.05, 4.69) is 43.0 Å². The Labute approximate surface area is 111 Å². The van der Waals surface area contributed by atoms with Gasteiger partial charge in [-0.15, -0.1) is 0 Å². The van der Waals surface area contributed by atoms with Crippen molar-refractivity contribution in [1.82, 2.24) is 4.90 Å². The summed E-state index contributed by atoms with van der Waals surface area (Å²) in [7, 11) is 0. The predicted molar refractivity (Wildman–Crippen MR) is 77.6 cm³/mol. The maximum atomic E-state index is 6.03. The number of benzene rings is 1. The zero-order chi connectivity index (χ0) is 13.0. The van der Waals surface area contributed by atoms with Crippen LogP contribution in [-0.2, 0) is 6.42 Å². The van der Waals surface area contributed by atoms with Crippen LogP contribution in [0, 0.1) is 0 Å². The van der Waals surface area contributed by atoms with Crippen LogP contribution in [0.15, 0.2) is 24.3 Å². The summed E-state index contributed by atoms with van der Waals surface area (Å²) < 4.78 is 0. The van der Waals surface area contributed by atoms with Crippen LogP contribution in [0.2, 0.25) is 0 Å². The quantitative estimate of drug-likeness (QED) is 0.884. The third-order valence-corrected chi connectivity index (χ3v) is 4.25. The molecule has 2 nitrogen and oxygen atoms in total. The highest BCUT2D eigenvalue weighted by atomic mass is 15.2. The number of aryl methyl sites for hydroxylation is 1. The summed E-state index contributed by atoms with van der Waals surface area (Å²) in [4.78, 5) is 2.59. The highest BCUT2D eigenvalue weighted by molar-refractivity contribution is 5.25. The van der Waals surface area contributed by atoms with E-state index in [4.69, 9.17) is 5.73 Å². The molecule has 2 atom stereocenters. The van der Waals surface area contributed by atoms with Gasteiger partial charge in [0.25, 0.3) is 0 Å². The van der Waals surface area contributed by atoms with Crippen molar-refractivity contribution in [3.63, 3.8) is 0 Å². The lowest BCUT2D eigenvalue weighted by Crippen LogP contribution is -2.43. The third kappa shape index (κ3) is 2.93. The van der Waals surface area contributed by atoms with E-state index in [0.717, 1.165) is 13.0 Å². The number of nitrogens with two attached hydrogens (primary N) is 1. The van der Waals surface area contributed by atoms with Gasteiger partial charge in [-0.25, -0.2) is 0 Å². The van der Waals surface area contributed by atoms with Gasteiger partial charge in [-0.05, 0) is 43.9 Å². The van der Waals surface area contributed by atoms with Gasteiger partial charge in [-0.3, -0.25) is 4.90 Å². The number of piperidine rings is 1. The normalized spacial score (nSPS) is 22.9. The van der Waals surface area contributed by atoms with Crippen LogP contribution < -0.4 is 5.73 Å². The average Bonchev–Trinajstić information content (AvgIpc) is 2.42. The maximum Gasteiger partial charge on any atom is 0.0473 e. The van der Waals surface area contributed by atoms with Gasteiger partial charge in [0.05, 0.1) is 0 Å². The molecule has 0 bridgehead atoms. The Kier molecular flexibility index (Phi) is 4.79. The summed E-state index contributed by atoms with van der Waals surface area (Å²) in [5, 5.41) is 0. The molecule has 1 heterocycles. The molecule has 0 radical (unpaired) electrons. The fourth-order valence-electron chi connectivity index (χ4n) is 3.02. The van der Waals surface area contributed by atoms with Gasteiger partial charge in [0.2, 0.25) is 0 Å². The zero-order valence-electron chi connectivity index (χ0n) is 11.7. The first kappa shape index (κ1) is 13.6. The van der Waals surface area contributed by atoms with Gasteiger partial charge in [0, 0.05) is 18.6 Å². The summed E-state index contributed by atoms with van der Waals surface area (Å²) in [6, 6.07) is 10.1. The minimum atomic E-state index is 0.395. The summed E-state index contributed by atoms with van der Waals surface area (Å²) >= 11 is 0. The van der Waals surface area contributed by atoms with E-state index < -0.39 is 0 Å². The molecule has 0 saturated carbocycles. The van der Waals surface area contributed by atoms with Crippen LogP contribution in [0.3, 0.4) is 0 Å². The molecule has 0 aliphatic carbocycles. The van der Waals surface area contributed by atoms with Crippen LogP contribution >= 0.6 is 0 Å². The Morgan fingerprint density at radius 3 is 2.56 bits per heavy atom. The van der Waals surface area contributed by atoms with E-state index in [1.165, 1.54) is 36.9 Å². The molecule has 0 amide bonds. The summed E-state index contributed by atoms with van der Waals surface area (Å²) in [5.74, 6) is 0. The first-order valence-electron chi connectivity index (χ1n) is 7.31. The molecule has 100 valence electrons. The van der Waals surface area contributed by atoms with Crippen LogP contribution in [0.4, 0.5) is 0 Å². The van der Waals surface area contributed by atoms with Crippen LogP contribution in [0.25, 0.3) is 0 Å². The van der Waals surface area contributed by atoms with Crippen molar-refractivity contribution in [1.29, 1.82) is 0 Å². The molecule has 1 aromatic rings. The van der Waals surface area contributed by atoms with Crippen molar-refractivity contribution in [2.45, 2.75) is 51.6 Å². The second-order valence-electron chi connectivity index (χ2n) is 5.43. The van der Waals surface area contributed by atoms with Crippen LogP contribution in [0.1, 0.15) is 50.3 Å². The lowest BCUT2D eigenvalue weighted by molar-refractivity contribution is 0.109. The lowest BCUT2D eigenvalue weighted by atomic mass is 9.96. The lowest BCUT2D eigenvalue weighted by Gasteiger charge is -2.39. The summed E-state index contributed by atoms with van der Waals surface area (Å²) in [6.45, 7) is 6.44. The fourth-order valence-corrected chi connectivity index (χ4v) is 3.02. The van der Waals surface area contributed by atoms with Gasteiger partial charge in [0.15, 0.2) is 0 Å². The van der Waals surface area contributed by atoms with Gasteiger partial charge in [0.1, 0.15) is 0 Å². The molecule has 0 aromatic heterocycles. The minimum absolute atomic E-state index is 0.395. The molecule has 2 unspecified atom stereocenters. The monoisotopic (exact) mass is 246 g/mol. The topological polar surface area (TPSA) is 29.3 Å². The number of likely N-dealkylation sites (tertiary alicyclic amines) is 1. The van der Waals surface area contributed by atoms with E-state index in [0.29, 0.717) is 12.1 Å². The van der Waals surface area contributed by atoms with Crippen molar-refractivity contribution >= 4 is 0 Å². The van der Waals surface area contributed by atoms with Crippen molar-refractivity contribution in [2.24, 2.45) is 5.73 Å². The van der Waals surface area contributed by atoms with Crippen LogP contribution in [-0.4, -0.2) is 24.0 Å². The standard InChI is InChI=1S/C16H26N2/c1-3-14-7-9-15(10-8-14)16(12-17)18-11-5-4-6-13(18)2/h7-10,13,16H,3-6,11-12,17H2,1-2H3. The highest BCUT2D eigenvalue weighted by Gasteiger charge is 2.25. The SMILES string of the molecule is CCc1ccc(C(CN)N2CCCCC2C)cc1.